The highest BCUT2D eigenvalue weighted by Crippen LogP contribution is 2.26. The molecule has 1 aromatic heterocycles. The smallest absolute Gasteiger partial charge is 0.181 e. The van der Waals surface area contributed by atoms with E-state index < -0.39 is 26.4 Å². The number of hydrogen-bond donors (Lipinski definition) is 2. The topological polar surface area (TPSA) is 88.8 Å². The van der Waals surface area contributed by atoms with Crippen molar-refractivity contribution >= 4 is 15.7 Å². The van der Waals surface area contributed by atoms with Crippen LogP contribution in [0.25, 0.3) is 11.3 Å². The van der Waals surface area contributed by atoms with E-state index in [-0.39, 0.29) is 11.4 Å². The van der Waals surface area contributed by atoms with Crippen molar-refractivity contribution in [1.82, 2.24) is 10.2 Å². The fraction of sp³-hybridized carbons (Fsp3) is 0.100. The maximum atomic E-state index is 13.6. The van der Waals surface area contributed by atoms with Gasteiger partial charge in [-0.3, -0.25) is 5.10 Å². The first-order valence-corrected chi connectivity index (χ1v) is 6.68. The highest BCUT2D eigenvalue weighted by atomic mass is 32.2. The molecule has 0 saturated carbocycles. The van der Waals surface area contributed by atoms with Gasteiger partial charge in [0, 0.05) is 17.9 Å². The van der Waals surface area contributed by atoms with E-state index in [1.165, 1.54) is 6.07 Å². The number of nitrogens with one attached hydrogen (secondary N) is 1. The summed E-state index contributed by atoms with van der Waals surface area (Å²) in [6.07, 6.45) is 0.738. The molecule has 0 radical (unpaired) electrons. The second kappa shape index (κ2) is 4.05. The van der Waals surface area contributed by atoms with Gasteiger partial charge in [-0.05, 0) is 12.1 Å². The second-order valence-corrected chi connectivity index (χ2v) is 5.70. The van der Waals surface area contributed by atoms with Crippen LogP contribution in [0.4, 0.5) is 14.6 Å². The summed E-state index contributed by atoms with van der Waals surface area (Å²) in [5.41, 5.74) is 5.79. The normalized spacial score (nSPS) is 11.7. The van der Waals surface area contributed by atoms with Gasteiger partial charge >= 0.3 is 0 Å². The quantitative estimate of drug-likeness (QED) is 0.864. The summed E-state index contributed by atoms with van der Waals surface area (Å²) in [5, 5.41) is 6.09. The summed E-state index contributed by atoms with van der Waals surface area (Å²) in [7, 11) is -3.96. The fourth-order valence-corrected chi connectivity index (χ4v) is 2.38. The van der Waals surface area contributed by atoms with Crippen molar-refractivity contribution in [2.24, 2.45) is 0 Å². The molecule has 3 N–H and O–H groups in total. The molecule has 96 valence electrons. The number of sulfone groups is 1. The zero-order valence-electron chi connectivity index (χ0n) is 9.24. The van der Waals surface area contributed by atoms with Crippen LogP contribution in [-0.2, 0) is 9.84 Å². The molecular weight excluding hydrogens is 264 g/mol. The molecule has 2 rings (SSSR count). The van der Waals surface area contributed by atoms with E-state index in [0.29, 0.717) is 5.69 Å². The zero-order chi connectivity index (χ0) is 13.5. The van der Waals surface area contributed by atoms with E-state index in [0.717, 1.165) is 18.4 Å². The van der Waals surface area contributed by atoms with Crippen LogP contribution in [0.3, 0.4) is 0 Å². The maximum absolute atomic E-state index is 13.6. The zero-order valence-corrected chi connectivity index (χ0v) is 10.1. The molecule has 18 heavy (non-hydrogen) atoms. The van der Waals surface area contributed by atoms with Crippen LogP contribution < -0.4 is 5.73 Å². The highest BCUT2D eigenvalue weighted by molar-refractivity contribution is 7.90. The van der Waals surface area contributed by atoms with E-state index >= 15 is 0 Å². The number of H-pyrrole nitrogens is 1. The molecular formula is C10H9F2N3O2S. The van der Waals surface area contributed by atoms with Crippen molar-refractivity contribution < 1.29 is 17.2 Å². The standard InChI is InChI=1S/C10H9F2N3O2S/c1-18(16,17)10-6(11)2-5(3-7(10)12)8-4-9(13)15-14-8/h2-4H,1H3,(H3,13,14,15). The van der Waals surface area contributed by atoms with E-state index in [1.807, 2.05) is 0 Å². The van der Waals surface area contributed by atoms with Gasteiger partial charge in [0.25, 0.3) is 0 Å². The van der Waals surface area contributed by atoms with Crippen LogP contribution in [-0.4, -0.2) is 24.9 Å². The minimum absolute atomic E-state index is 0.126. The minimum Gasteiger partial charge on any atom is -0.382 e. The molecule has 0 bridgehead atoms. The van der Waals surface area contributed by atoms with Crippen molar-refractivity contribution in [2.75, 3.05) is 12.0 Å². The van der Waals surface area contributed by atoms with E-state index in [4.69, 9.17) is 5.73 Å². The van der Waals surface area contributed by atoms with Crippen molar-refractivity contribution in [2.45, 2.75) is 4.90 Å². The number of nitrogens with two attached hydrogens (primary N) is 1. The van der Waals surface area contributed by atoms with Crippen molar-refractivity contribution in [3.8, 4) is 11.3 Å². The van der Waals surface area contributed by atoms with Gasteiger partial charge in [-0.1, -0.05) is 0 Å². The van der Waals surface area contributed by atoms with Crippen LogP contribution in [0.5, 0.6) is 0 Å². The Kier molecular flexibility index (Phi) is 2.81. The SMILES string of the molecule is CS(=O)(=O)c1c(F)cc(-c2cc(N)n[nH]2)cc1F. The number of rotatable bonds is 2. The molecule has 0 aliphatic carbocycles. The lowest BCUT2D eigenvalue weighted by molar-refractivity contribution is 0.522. The molecule has 2 aromatic rings. The van der Waals surface area contributed by atoms with E-state index in [1.54, 1.807) is 0 Å². The van der Waals surface area contributed by atoms with E-state index in [9.17, 15) is 17.2 Å². The van der Waals surface area contributed by atoms with Crippen molar-refractivity contribution in [3.05, 3.63) is 29.8 Å². The Bertz CT molecular complexity index is 687. The number of nitrogen functional groups attached to an aromatic ring is 1. The summed E-state index contributed by atoms with van der Waals surface area (Å²) >= 11 is 0. The van der Waals surface area contributed by atoms with Crippen LogP contribution >= 0.6 is 0 Å². The summed E-state index contributed by atoms with van der Waals surface area (Å²) in [6, 6.07) is 3.20. The van der Waals surface area contributed by atoms with Gasteiger partial charge in [0.2, 0.25) is 0 Å². The molecule has 1 aromatic carbocycles. The van der Waals surface area contributed by atoms with Gasteiger partial charge in [0.1, 0.15) is 22.3 Å². The van der Waals surface area contributed by atoms with Crippen LogP contribution in [0.15, 0.2) is 23.1 Å². The van der Waals surface area contributed by atoms with Gasteiger partial charge in [-0.2, -0.15) is 5.10 Å². The Morgan fingerprint density at radius 3 is 2.17 bits per heavy atom. The number of anilines is 1. The predicted molar refractivity (Wildman–Crippen MR) is 61.5 cm³/mol. The number of benzene rings is 1. The first-order valence-electron chi connectivity index (χ1n) is 4.79. The fourth-order valence-electron chi connectivity index (χ4n) is 1.55. The Morgan fingerprint density at radius 2 is 1.78 bits per heavy atom. The third-order valence-corrected chi connectivity index (χ3v) is 3.41. The molecule has 0 aliphatic heterocycles. The highest BCUT2D eigenvalue weighted by Gasteiger charge is 2.21. The molecule has 8 heteroatoms. The molecule has 5 nitrogen and oxygen atoms in total. The summed E-state index contributed by atoms with van der Waals surface area (Å²) in [6.45, 7) is 0. The number of nitrogens with zero attached hydrogens (tertiary/aromatic N) is 1. The maximum Gasteiger partial charge on any atom is 0.181 e. The molecule has 0 unspecified atom stereocenters. The van der Waals surface area contributed by atoms with Crippen molar-refractivity contribution in [1.29, 1.82) is 0 Å². The van der Waals surface area contributed by atoms with Crippen LogP contribution in [0.2, 0.25) is 0 Å². The lowest BCUT2D eigenvalue weighted by Crippen LogP contribution is -2.04. The molecule has 1 heterocycles. The average molecular weight is 273 g/mol. The third kappa shape index (κ3) is 2.19. The summed E-state index contributed by atoms with van der Waals surface area (Å²) in [4.78, 5) is -0.946. The molecule has 0 aliphatic rings. The number of hydrogen-bond acceptors (Lipinski definition) is 4. The number of aromatic nitrogens is 2. The van der Waals surface area contributed by atoms with Gasteiger partial charge in [0.15, 0.2) is 9.84 Å². The van der Waals surface area contributed by atoms with Gasteiger partial charge in [0.05, 0.1) is 5.69 Å². The number of aromatic amines is 1. The average Bonchev–Trinajstić information content (AvgIpc) is 2.61. The van der Waals surface area contributed by atoms with Gasteiger partial charge in [-0.25, -0.2) is 17.2 Å². The molecule has 0 amide bonds. The summed E-state index contributed by atoms with van der Waals surface area (Å²) in [5.74, 6) is -2.14. The van der Waals surface area contributed by atoms with E-state index in [2.05, 4.69) is 10.2 Å². The lowest BCUT2D eigenvalue weighted by atomic mass is 10.1. The van der Waals surface area contributed by atoms with Gasteiger partial charge < -0.3 is 5.73 Å². The largest absolute Gasteiger partial charge is 0.382 e. The first-order chi connectivity index (χ1) is 8.29. The Balaban J connectivity index is 2.63. The minimum atomic E-state index is -3.96. The Labute approximate surface area is 102 Å². The molecule has 0 fully saturated rings. The molecule has 0 saturated heterocycles. The Hall–Kier alpha value is -1.96. The van der Waals surface area contributed by atoms with Crippen LogP contribution in [0, 0.1) is 11.6 Å². The lowest BCUT2D eigenvalue weighted by Gasteiger charge is -2.05. The van der Waals surface area contributed by atoms with Crippen LogP contribution in [0.1, 0.15) is 0 Å². The van der Waals surface area contributed by atoms with Crippen molar-refractivity contribution in [3.63, 3.8) is 0 Å². The third-order valence-electron chi connectivity index (χ3n) is 2.28. The predicted octanol–water partition coefficient (Wildman–Crippen LogP) is 1.34. The van der Waals surface area contributed by atoms with Gasteiger partial charge in [-0.15, -0.1) is 0 Å². The molecule has 0 spiro atoms. The first kappa shape index (κ1) is 12.5. The second-order valence-electron chi connectivity index (χ2n) is 3.75. The number of halogens is 2. The monoisotopic (exact) mass is 273 g/mol. The Morgan fingerprint density at radius 1 is 1.22 bits per heavy atom. The summed E-state index contributed by atoms with van der Waals surface area (Å²) < 4.78 is 49.6. The molecule has 0 atom stereocenters.